The molecule has 1 heteroatoms. The summed E-state index contributed by atoms with van der Waals surface area (Å²) in [4.78, 5) is 0. The van der Waals surface area contributed by atoms with Crippen molar-refractivity contribution in [1.82, 2.24) is 0 Å². The average molecular weight is 261 g/mol. The van der Waals surface area contributed by atoms with Gasteiger partial charge in [0.25, 0.3) is 0 Å². The first kappa shape index (κ1) is 10.5. The molecule has 0 fully saturated rings. The van der Waals surface area contributed by atoms with E-state index in [1.54, 1.807) is 6.92 Å². The fraction of sp³-hybridized carbons (Fsp3) is 0.556. The molecule has 2 aromatic rings. The van der Waals surface area contributed by atoms with Gasteiger partial charge in [-0.05, 0) is 41.8 Å². The van der Waals surface area contributed by atoms with E-state index in [0.29, 0.717) is 16.9 Å². The molecule has 0 aliphatic rings. The van der Waals surface area contributed by atoms with Gasteiger partial charge in [-0.15, -0.1) is 0 Å². The second-order valence-corrected chi connectivity index (χ2v) is 7.43. The summed E-state index contributed by atoms with van der Waals surface area (Å²) in [6, 6.07) is 4.15. The third kappa shape index (κ3) is 2.43. The lowest BCUT2D eigenvalue weighted by Gasteiger charge is -2.25. The first-order valence-corrected chi connectivity index (χ1v) is 6.81. The maximum Gasteiger partial charge on any atom is 0.138 e. The van der Waals surface area contributed by atoms with E-state index in [0.717, 1.165) is 16.5 Å². The first-order valence-electron chi connectivity index (χ1n) is 8.31. The van der Waals surface area contributed by atoms with Crippen LogP contribution in [0, 0.1) is 13.8 Å². The maximum absolute atomic E-state index is 7.84. The summed E-state index contributed by atoms with van der Waals surface area (Å²) in [7, 11) is 0. The van der Waals surface area contributed by atoms with Crippen LogP contribution in [0.25, 0.3) is 11.0 Å². The Kier molecular flexibility index (Phi) is 2.29. The molecule has 0 radical (unpaired) electrons. The SMILES string of the molecule is [2H]C([2H])([2H])c1c(C)oc2c(C(C)(C)C)cc(C(C)(C)C)cc12. The highest BCUT2D eigenvalue weighted by atomic mass is 16.3. The molecule has 104 valence electrons. The molecule has 0 amide bonds. The Bertz CT molecular complexity index is 707. The van der Waals surface area contributed by atoms with Gasteiger partial charge in [0.15, 0.2) is 0 Å². The van der Waals surface area contributed by atoms with Crippen LogP contribution < -0.4 is 0 Å². The third-order valence-corrected chi connectivity index (χ3v) is 3.64. The molecule has 1 aromatic carbocycles. The number of furan rings is 1. The molecule has 0 unspecified atom stereocenters. The normalized spacial score (nSPS) is 16.3. The molecule has 1 heterocycles. The van der Waals surface area contributed by atoms with Crippen molar-refractivity contribution in [3.05, 3.63) is 34.6 Å². The minimum atomic E-state index is -2.17. The zero-order valence-electron chi connectivity index (χ0n) is 16.1. The van der Waals surface area contributed by atoms with E-state index in [4.69, 9.17) is 8.53 Å². The van der Waals surface area contributed by atoms with E-state index < -0.39 is 6.85 Å². The van der Waals surface area contributed by atoms with E-state index >= 15 is 0 Å². The van der Waals surface area contributed by atoms with Gasteiger partial charge in [-0.2, -0.15) is 0 Å². The average Bonchev–Trinajstić information content (AvgIpc) is 2.59. The molecule has 2 rings (SSSR count). The van der Waals surface area contributed by atoms with E-state index in [1.807, 2.05) is 6.07 Å². The standard InChI is InChI=1S/C18H26O/c1-11-12(2)19-16-14(11)9-13(17(3,4)5)10-15(16)18(6,7)8/h9-10H,1-8H3/i1D3. The van der Waals surface area contributed by atoms with E-state index in [1.165, 1.54) is 0 Å². The van der Waals surface area contributed by atoms with Gasteiger partial charge in [0.05, 0.1) is 0 Å². The van der Waals surface area contributed by atoms with E-state index in [9.17, 15) is 0 Å². The summed E-state index contributed by atoms with van der Waals surface area (Å²) >= 11 is 0. The number of benzene rings is 1. The largest absolute Gasteiger partial charge is 0.461 e. The van der Waals surface area contributed by atoms with Crippen LogP contribution in [-0.4, -0.2) is 0 Å². The molecule has 0 aliphatic carbocycles. The van der Waals surface area contributed by atoms with Crippen molar-refractivity contribution in [2.75, 3.05) is 0 Å². The van der Waals surface area contributed by atoms with Crippen molar-refractivity contribution in [2.45, 2.75) is 66.1 Å². The second-order valence-electron chi connectivity index (χ2n) is 7.43. The van der Waals surface area contributed by atoms with Crippen LogP contribution in [0.15, 0.2) is 16.5 Å². The molecule has 0 saturated carbocycles. The Hall–Kier alpha value is -1.24. The summed E-state index contributed by atoms with van der Waals surface area (Å²) in [6.45, 7) is 12.4. The zero-order chi connectivity index (χ0) is 17.1. The predicted molar refractivity (Wildman–Crippen MR) is 83.1 cm³/mol. The molecular weight excluding hydrogens is 232 g/mol. The molecule has 0 aliphatic heterocycles. The third-order valence-electron chi connectivity index (χ3n) is 3.64. The quantitative estimate of drug-likeness (QED) is 0.597. The highest BCUT2D eigenvalue weighted by Crippen LogP contribution is 2.38. The topological polar surface area (TPSA) is 13.1 Å². The number of aryl methyl sites for hydroxylation is 2. The van der Waals surface area contributed by atoms with Gasteiger partial charge in [-0.25, -0.2) is 0 Å². The zero-order valence-corrected chi connectivity index (χ0v) is 13.1. The van der Waals surface area contributed by atoms with Crippen LogP contribution in [0.5, 0.6) is 0 Å². The Morgan fingerprint density at radius 1 is 1.00 bits per heavy atom. The Labute approximate surface area is 121 Å². The van der Waals surface area contributed by atoms with Crippen LogP contribution in [0.1, 0.15) is 68.1 Å². The van der Waals surface area contributed by atoms with Crippen molar-refractivity contribution in [2.24, 2.45) is 0 Å². The van der Waals surface area contributed by atoms with Crippen LogP contribution >= 0.6 is 0 Å². The van der Waals surface area contributed by atoms with Gasteiger partial charge in [-0.3, -0.25) is 0 Å². The smallest absolute Gasteiger partial charge is 0.138 e. The molecule has 0 atom stereocenters. The summed E-state index contributed by atoms with van der Waals surface area (Å²) < 4.78 is 29.4. The minimum absolute atomic E-state index is 0.0502. The number of hydrogen-bond acceptors (Lipinski definition) is 1. The maximum atomic E-state index is 7.84. The van der Waals surface area contributed by atoms with Gasteiger partial charge < -0.3 is 4.42 Å². The summed E-state index contributed by atoms with van der Waals surface area (Å²) in [5, 5.41) is 0.731. The van der Waals surface area contributed by atoms with Crippen molar-refractivity contribution >= 4 is 11.0 Å². The van der Waals surface area contributed by atoms with Crippen LogP contribution in [0.3, 0.4) is 0 Å². The lowest BCUT2D eigenvalue weighted by atomic mass is 9.79. The highest BCUT2D eigenvalue weighted by molar-refractivity contribution is 5.86. The van der Waals surface area contributed by atoms with Gasteiger partial charge in [0, 0.05) is 15.1 Å². The molecule has 0 bridgehead atoms. The molecule has 0 spiro atoms. The van der Waals surface area contributed by atoms with Crippen LogP contribution in [0.2, 0.25) is 0 Å². The fourth-order valence-corrected chi connectivity index (χ4v) is 2.31. The van der Waals surface area contributed by atoms with Crippen LogP contribution in [0.4, 0.5) is 0 Å². The fourth-order valence-electron chi connectivity index (χ4n) is 2.31. The minimum Gasteiger partial charge on any atom is -0.461 e. The molecule has 0 saturated heterocycles. The van der Waals surface area contributed by atoms with Gasteiger partial charge in [0.1, 0.15) is 11.3 Å². The number of rotatable bonds is 0. The first-order chi connectivity index (χ1) is 9.73. The van der Waals surface area contributed by atoms with Crippen molar-refractivity contribution in [1.29, 1.82) is 0 Å². The Morgan fingerprint density at radius 3 is 2.11 bits per heavy atom. The summed E-state index contributed by atoms with van der Waals surface area (Å²) in [5.41, 5.74) is 3.09. The lowest BCUT2D eigenvalue weighted by Crippen LogP contribution is -2.16. The molecule has 1 aromatic heterocycles. The molecule has 0 N–H and O–H groups in total. The van der Waals surface area contributed by atoms with Crippen LogP contribution in [-0.2, 0) is 10.8 Å². The second kappa shape index (κ2) is 4.13. The molecule has 1 nitrogen and oxygen atoms in total. The van der Waals surface area contributed by atoms with Gasteiger partial charge in [-0.1, -0.05) is 47.6 Å². The predicted octanol–water partition coefficient (Wildman–Crippen LogP) is 5.64. The van der Waals surface area contributed by atoms with Crippen molar-refractivity contribution < 1.29 is 8.53 Å². The van der Waals surface area contributed by atoms with Crippen molar-refractivity contribution in [3.63, 3.8) is 0 Å². The van der Waals surface area contributed by atoms with Gasteiger partial charge in [0.2, 0.25) is 0 Å². The Balaban J connectivity index is 2.97. The molecule has 19 heavy (non-hydrogen) atoms. The monoisotopic (exact) mass is 261 g/mol. The van der Waals surface area contributed by atoms with E-state index in [-0.39, 0.29) is 10.8 Å². The number of fused-ring (bicyclic) bond motifs is 1. The summed E-state index contributed by atoms with van der Waals surface area (Å²) in [6.07, 6.45) is 0. The lowest BCUT2D eigenvalue weighted by molar-refractivity contribution is 0.536. The van der Waals surface area contributed by atoms with Gasteiger partial charge >= 0.3 is 0 Å². The highest BCUT2D eigenvalue weighted by Gasteiger charge is 2.25. The van der Waals surface area contributed by atoms with Crippen molar-refractivity contribution in [3.8, 4) is 0 Å². The Morgan fingerprint density at radius 2 is 1.63 bits per heavy atom. The number of hydrogen-bond donors (Lipinski definition) is 0. The summed E-state index contributed by atoms with van der Waals surface area (Å²) in [5.74, 6) is 0.492. The molecular formula is C18H26O. The van der Waals surface area contributed by atoms with E-state index in [2.05, 4.69) is 47.6 Å².